The molecule has 4 nitrogen and oxygen atoms in total. The molecule has 1 heterocycles. The van der Waals surface area contributed by atoms with Crippen molar-refractivity contribution < 1.29 is 9.53 Å². The molecule has 2 rings (SSSR count). The van der Waals surface area contributed by atoms with E-state index in [0.29, 0.717) is 11.6 Å². The van der Waals surface area contributed by atoms with Gasteiger partial charge in [-0.3, -0.25) is 4.79 Å². The Labute approximate surface area is 121 Å². The van der Waals surface area contributed by atoms with Crippen LogP contribution in [0.4, 0.5) is 0 Å². The summed E-state index contributed by atoms with van der Waals surface area (Å²) in [4.78, 5) is 14.6. The van der Waals surface area contributed by atoms with Crippen molar-refractivity contribution >= 4 is 5.91 Å². The van der Waals surface area contributed by atoms with E-state index in [9.17, 15) is 4.79 Å². The lowest BCUT2D eigenvalue weighted by atomic mass is 10.1. The average molecular weight is 276 g/mol. The first-order valence-corrected chi connectivity index (χ1v) is 7.34. The topological polar surface area (TPSA) is 41.6 Å². The largest absolute Gasteiger partial charge is 0.491 e. The lowest BCUT2D eigenvalue weighted by Crippen LogP contribution is -2.40. The van der Waals surface area contributed by atoms with Crippen LogP contribution in [0.3, 0.4) is 0 Å². The number of benzene rings is 1. The number of nitrogens with zero attached hydrogens (tertiary/aromatic N) is 1. The lowest BCUT2D eigenvalue weighted by molar-refractivity contribution is 0.0736. The van der Waals surface area contributed by atoms with Gasteiger partial charge in [-0.1, -0.05) is 6.07 Å². The van der Waals surface area contributed by atoms with Crippen molar-refractivity contribution in [3.05, 3.63) is 29.8 Å². The fraction of sp³-hybridized carbons (Fsp3) is 0.562. The first-order valence-electron chi connectivity index (χ1n) is 7.34. The zero-order valence-electron chi connectivity index (χ0n) is 12.6. The summed E-state index contributed by atoms with van der Waals surface area (Å²) >= 11 is 0. The minimum atomic E-state index is 0.108. The number of likely N-dealkylation sites (tertiary alicyclic amines) is 1. The Balaban J connectivity index is 2.12. The van der Waals surface area contributed by atoms with Gasteiger partial charge in [0.25, 0.3) is 5.91 Å². The lowest BCUT2D eigenvalue weighted by Gasteiger charge is -2.24. The molecule has 0 radical (unpaired) electrons. The van der Waals surface area contributed by atoms with Crippen LogP contribution in [0.5, 0.6) is 5.75 Å². The van der Waals surface area contributed by atoms with E-state index in [0.717, 1.165) is 31.7 Å². The Morgan fingerprint density at radius 3 is 3.00 bits per heavy atom. The third-order valence-corrected chi connectivity index (χ3v) is 3.53. The second-order valence-corrected chi connectivity index (χ2v) is 5.55. The van der Waals surface area contributed by atoms with Gasteiger partial charge in [-0.2, -0.15) is 0 Å². The summed E-state index contributed by atoms with van der Waals surface area (Å²) in [5, 5.41) is 3.16. The van der Waals surface area contributed by atoms with Crippen LogP contribution in [0.25, 0.3) is 0 Å². The smallest absolute Gasteiger partial charge is 0.254 e. The monoisotopic (exact) mass is 276 g/mol. The SMILES string of the molecule is CNCC1CCCN1C(=O)c1cccc(OC(C)C)c1. The molecule has 0 saturated carbocycles. The molecule has 4 heteroatoms. The number of rotatable bonds is 5. The number of carbonyl (C=O) groups excluding carboxylic acids is 1. The van der Waals surface area contributed by atoms with Crippen molar-refractivity contribution in [3.8, 4) is 5.75 Å². The summed E-state index contributed by atoms with van der Waals surface area (Å²) in [6.45, 7) is 5.67. The highest BCUT2D eigenvalue weighted by atomic mass is 16.5. The predicted octanol–water partition coefficient (Wildman–Crippen LogP) is 2.30. The third kappa shape index (κ3) is 3.51. The zero-order chi connectivity index (χ0) is 14.5. The quantitative estimate of drug-likeness (QED) is 0.897. The first kappa shape index (κ1) is 14.9. The van der Waals surface area contributed by atoms with Crippen LogP contribution >= 0.6 is 0 Å². The molecule has 1 aromatic carbocycles. The molecule has 0 aliphatic carbocycles. The number of hydrogen-bond acceptors (Lipinski definition) is 3. The van der Waals surface area contributed by atoms with E-state index in [-0.39, 0.29) is 12.0 Å². The van der Waals surface area contributed by atoms with Crippen LogP contribution < -0.4 is 10.1 Å². The number of nitrogens with one attached hydrogen (secondary N) is 1. The van der Waals surface area contributed by atoms with Crippen molar-refractivity contribution in [2.75, 3.05) is 20.1 Å². The number of ether oxygens (including phenoxy) is 1. The Morgan fingerprint density at radius 2 is 2.30 bits per heavy atom. The molecule has 1 aliphatic heterocycles. The Bertz CT molecular complexity index is 460. The average Bonchev–Trinajstić information content (AvgIpc) is 2.86. The van der Waals surface area contributed by atoms with Crippen LogP contribution in [-0.4, -0.2) is 43.1 Å². The number of hydrogen-bond donors (Lipinski definition) is 1. The molecule has 1 fully saturated rings. The number of likely N-dealkylation sites (N-methyl/N-ethyl adjacent to an activating group) is 1. The molecule has 0 spiro atoms. The highest BCUT2D eigenvalue weighted by Gasteiger charge is 2.28. The second kappa shape index (κ2) is 6.75. The number of amides is 1. The first-order chi connectivity index (χ1) is 9.61. The summed E-state index contributed by atoms with van der Waals surface area (Å²) in [6, 6.07) is 7.79. The molecule has 1 amide bonds. The zero-order valence-corrected chi connectivity index (χ0v) is 12.6. The maximum absolute atomic E-state index is 12.6. The minimum absolute atomic E-state index is 0.108. The molecule has 0 aromatic heterocycles. The fourth-order valence-electron chi connectivity index (χ4n) is 2.69. The van der Waals surface area contributed by atoms with E-state index in [2.05, 4.69) is 5.32 Å². The maximum atomic E-state index is 12.6. The van der Waals surface area contributed by atoms with Crippen LogP contribution in [0.1, 0.15) is 37.0 Å². The summed E-state index contributed by atoms with van der Waals surface area (Å²) in [5.74, 6) is 0.868. The van der Waals surface area contributed by atoms with Gasteiger partial charge < -0.3 is 15.0 Å². The molecule has 1 saturated heterocycles. The van der Waals surface area contributed by atoms with Gasteiger partial charge in [-0.05, 0) is 51.9 Å². The summed E-state index contributed by atoms with van der Waals surface area (Å²) in [5.41, 5.74) is 0.714. The Kier molecular flexibility index (Phi) is 5.01. The van der Waals surface area contributed by atoms with Crippen molar-refractivity contribution in [1.82, 2.24) is 10.2 Å². The summed E-state index contributed by atoms with van der Waals surface area (Å²) in [6.07, 6.45) is 2.28. The molecular formula is C16H24N2O2. The van der Waals surface area contributed by atoms with E-state index in [1.807, 2.05) is 50.1 Å². The highest BCUT2D eigenvalue weighted by Crippen LogP contribution is 2.22. The van der Waals surface area contributed by atoms with E-state index in [1.165, 1.54) is 0 Å². The van der Waals surface area contributed by atoms with E-state index < -0.39 is 0 Å². The standard InChI is InChI=1S/C16H24N2O2/c1-12(2)20-15-8-4-6-13(10-15)16(19)18-9-5-7-14(18)11-17-3/h4,6,8,10,12,14,17H,5,7,9,11H2,1-3H3. The van der Waals surface area contributed by atoms with Gasteiger partial charge in [0.05, 0.1) is 6.10 Å². The van der Waals surface area contributed by atoms with Crippen LogP contribution in [0.15, 0.2) is 24.3 Å². The van der Waals surface area contributed by atoms with Gasteiger partial charge in [-0.25, -0.2) is 0 Å². The molecule has 1 N–H and O–H groups in total. The van der Waals surface area contributed by atoms with Gasteiger partial charge >= 0.3 is 0 Å². The van der Waals surface area contributed by atoms with Gasteiger partial charge in [0.2, 0.25) is 0 Å². The highest BCUT2D eigenvalue weighted by molar-refractivity contribution is 5.95. The molecule has 0 bridgehead atoms. The third-order valence-electron chi connectivity index (χ3n) is 3.53. The molecule has 110 valence electrons. The molecule has 1 aromatic rings. The van der Waals surface area contributed by atoms with Gasteiger partial charge in [-0.15, -0.1) is 0 Å². The molecule has 20 heavy (non-hydrogen) atoms. The Hall–Kier alpha value is -1.55. The molecule has 1 aliphatic rings. The molecular weight excluding hydrogens is 252 g/mol. The van der Waals surface area contributed by atoms with Crippen molar-refractivity contribution in [3.63, 3.8) is 0 Å². The second-order valence-electron chi connectivity index (χ2n) is 5.55. The maximum Gasteiger partial charge on any atom is 0.254 e. The predicted molar refractivity (Wildman–Crippen MR) is 80.2 cm³/mol. The van der Waals surface area contributed by atoms with Gasteiger partial charge in [0, 0.05) is 24.7 Å². The summed E-state index contributed by atoms with van der Waals surface area (Å²) in [7, 11) is 1.93. The van der Waals surface area contributed by atoms with E-state index >= 15 is 0 Å². The van der Waals surface area contributed by atoms with Crippen LogP contribution in [-0.2, 0) is 0 Å². The Morgan fingerprint density at radius 1 is 1.50 bits per heavy atom. The van der Waals surface area contributed by atoms with Crippen molar-refractivity contribution in [2.24, 2.45) is 0 Å². The normalized spacial score (nSPS) is 18.6. The summed E-state index contributed by atoms with van der Waals surface area (Å²) < 4.78 is 5.66. The van der Waals surface area contributed by atoms with Crippen LogP contribution in [0.2, 0.25) is 0 Å². The van der Waals surface area contributed by atoms with Crippen LogP contribution in [0, 0.1) is 0 Å². The molecule has 1 unspecified atom stereocenters. The number of carbonyl (C=O) groups is 1. The minimum Gasteiger partial charge on any atom is -0.491 e. The van der Waals surface area contributed by atoms with E-state index in [4.69, 9.17) is 4.74 Å². The van der Waals surface area contributed by atoms with Gasteiger partial charge in [0.1, 0.15) is 5.75 Å². The van der Waals surface area contributed by atoms with E-state index in [1.54, 1.807) is 0 Å². The molecule has 1 atom stereocenters. The fourth-order valence-corrected chi connectivity index (χ4v) is 2.69. The van der Waals surface area contributed by atoms with Crippen molar-refractivity contribution in [1.29, 1.82) is 0 Å². The van der Waals surface area contributed by atoms with Crippen molar-refractivity contribution in [2.45, 2.75) is 38.8 Å². The van der Waals surface area contributed by atoms with Gasteiger partial charge in [0.15, 0.2) is 0 Å².